The van der Waals surface area contributed by atoms with Gasteiger partial charge in [0.05, 0.1) is 12.0 Å². The van der Waals surface area contributed by atoms with E-state index in [1.165, 1.54) is 30.3 Å². The molecule has 0 fully saturated rings. The van der Waals surface area contributed by atoms with Crippen molar-refractivity contribution in [3.8, 4) is 17.1 Å². The van der Waals surface area contributed by atoms with Crippen molar-refractivity contribution in [1.29, 1.82) is 0 Å². The van der Waals surface area contributed by atoms with E-state index in [1.807, 2.05) is 31.2 Å². The van der Waals surface area contributed by atoms with Gasteiger partial charge in [-0.05, 0) is 67.6 Å². The average Bonchev–Trinajstić information content (AvgIpc) is 2.74. The number of benzene rings is 3. The van der Waals surface area contributed by atoms with Gasteiger partial charge in [-0.2, -0.15) is 0 Å². The Morgan fingerprint density at radius 2 is 1.73 bits per heavy atom. The summed E-state index contributed by atoms with van der Waals surface area (Å²) < 4.78 is 24.4. The number of carbonyl (C=O) groups excluding carboxylic acids is 1. The highest BCUT2D eigenvalue weighted by Gasteiger charge is 2.11. The molecule has 0 unspecified atom stereocenters. The number of halogens is 1. The van der Waals surface area contributed by atoms with Crippen LogP contribution in [0, 0.1) is 5.82 Å². The van der Waals surface area contributed by atoms with Crippen LogP contribution in [-0.4, -0.2) is 12.5 Å². The molecule has 0 saturated carbocycles. The summed E-state index contributed by atoms with van der Waals surface area (Å²) in [5.41, 5.74) is 1.68. The van der Waals surface area contributed by atoms with Crippen molar-refractivity contribution in [2.24, 2.45) is 0 Å². The van der Waals surface area contributed by atoms with Gasteiger partial charge in [-0.1, -0.05) is 0 Å². The van der Waals surface area contributed by atoms with Crippen LogP contribution in [0.1, 0.15) is 17.3 Å². The SMILES string of the molecule is CCOc1ccc(-c2cc(=O)c3ccc(NC(=O)c4ccc(F)cc4)cc3o2)cc1. The molecule has 150 valence electrons. The molecule has 5 nitrogen and oxygen atoms in total. The lowest BCUT2D eigenvalue weighted by Gasteiger charge is -2.08. The Morgan fingerprint density at radius 1 is 1.00 bits per heavy atom. The molecule has 0 aliphatic heterocycles. The molecule has 1 heterocycles. The van der Waals surface area contributed by atoms with Crippen molar-refractivity contribution in [1.82, 2.24) is 0 Å². The predicted molar refractivity (Wildman–Crippen MR) is 113 cm³/mol. The summed E-state index contributed by atoms with van der Waals surface area (Å²) in [4.78, 5) is 24.9. The number of hydrogen-bond acceptors (Lipinski definition) is 4. The van der Waals surface area contributed by atoms with Gasteiger partial charge in [-0.3, -0.25) is 9.59 Å². The molecule has 4 rings (SSSR count). The van der Waals surface area contributed by atoms with Crippen LogP contribution in [0.4, 0.5) is 10.1 Å². The number of fused-ring (bicyclic) bond motifs is 1. The van der Waals surface area contributed by atoms with E-state index in [4.69, 9.17) is 9.15 Å². The first-order chi connectivity index (χ1) is 14.5. The molecule has 0 atom stereocenters. The zero-order valence-corrected chi connectivity index (χ0v) is 16.1. The zero-order valence-electron chi connectivity index (χ0n) is 16.1. The molecule has 0 spiro atoms. The second-order valence-electron chi connectivity index (χ2n) is 6.60. The Balaban J connectivity index is 1.65. The molecule has 1 N–H and O–H groups in total. The third kappa shape index (κ3) is 4.07. The highest BCUT2D eigenvalue weighted by atomic mass is 19.1. The second kappa shape index (κ2) is 8.21. The topological polar surface area (TPSA) is 68.5 Å². The van der Waals surface area contributed by atoms with Crippen LogP contribution in [0.5, 0.6) is 5.75 Å². The Kier molecular flexibility index (Phi) is 5.30. The standard InChI is InChI=1S/C24H18FNO4/c1-2-29-19-10-5-15(6-11-19)22-14-21(27)20-12-9-18(13-23(20)30-22)26-24(28)16-3-7-17(25)8-4-16/h3-14H,2H2,1H3,(H,26,28). The van der Waals surface area contributed by atoms with Gasteiger partial charge in [0.15, 0.2) is 5.43 Å². The van der Waals surface area contributed by atoms with Crippen LogP contribution in [0.2, 0.25) is 0 Å². The Morgan fingerprint density at radius 3 is 2.43 bits per heavy atom. The average molecular weight is 403 g/mol. The van der Waals surface area contributed by atoms with Gasteiger partial charge in [0.2, 0.25) is 0 Å². The molecule has 1 amide bonds. The van der Waals surface area contributed by atoms with E-state index in [1.54, 1.807) is 18.2 Å². The van der Waals surface area contributed by atoms with Crippen molar-refractivity contribution in [3.63, 3.8) is 0 Å². The van der Waals surface area contributed by atoms with Crippen LogP contribution in [0.15, 0.2) is 82.0 Å². The minimum Gasteiger partial charge on any atom is -0.494 e. The molecule has 0 aliphatic carbocycles. The molecule has 30 heavy (non-hydrogen) atoms. The number of amides is 1. The van der Waals surface area contributed by atoms with Crippen LogP contribution in [-0.2, 0) is 0 Å². The molecule has 3 aromatic carbocycles. The lowest BCUT2D eigenvalue weighted by molar-refractivity contribution is 0.102. The second-order valence-corrected chi connectivity index (χ2v) is 6.60. The van der Waals surface area contributed by atoms with Crippen molar-refractivity contribution < 1.29 is 18.3 Å². The third-order valence-corrected chi connectivity index (χ3v) is 4.54. The van der Waals surface area contributed by atoms with E-state index < -0.39 is 5.82 Å². The van der Waals surface area contributed by atoms with Gasteiger partial charge in [-0.25, -0.2) is 4.39 Å². The molecular formula is C24H18FNO4. The summed E-state index contributed by atoms with van der Waals surface area (Å²) in [6.45, 7) is 2.47. The highest BCUT2D eigenvalue weighted by Crippen LogP contribution is 2.26. The summed E-state index contributed by atoms with van der Waals surface area (Å²) in [7, 11) is 0. The minimum atomic E-state index is -0.416. The van der Waals surface area contributed by atoms with Crippen LogP contribution in [0.25, 0.3) is 22.3 Å². The van der Waals surface area contributed by atoms with Crippen LogP contribution >= 0.6 is 0 Å². The number of carbonyl (C=O) groups is 1. The van der Waals surface area contributed by atoms with Crippen molar-refractivity contribution in [3.05, 3.63) is 94.4 Å². The van der Waals surface area contributed by atoms with E-state index >= 15 is 0 Å². The largest absolute Gasteiger partial charge is 0.494 e. The molecule has 0 radical (unpaired) electrons. The summed E-state index contributed by atoms with van der Waals surface area (Å²) in [5, 5.41) is 3.14. The fraction of sp³-hybridized carbons (Fsp3) is 0.0833. The maximum atomic E-state index is 13.0. The first kappa shape index (κ1) is 19.4. The molecular weight excluding hydrogens is 385 g/mol. The number of anilines is 1. The third-order valence-electron chi connectivity index (χ3n) is 4.54. The first-order valence-corrected chi connectivity index (χ1v) is 9.41. The number of nitrogens with one attached hydrogen (secondary N) is 1. The number of hydrogen-bond donors (Lipinski definition) is 1. The molecule has 6 heteroatoms. The zero-order chi connectivity index (χ0) is 21.1. The van der Waals surface area contributed by atoms with Gasteiger partial charge in [0, 0.05) is 28.9 Å². The van der Waals surface area contributed by atoms with Gasteiger partial charge >= 0.3 is 0 Å². The van der Waals surface area contributed by atoms with E-state index in [0.717, 1.165) is 11.3 Å². The normalized spacial score (nSPS) is 10.7. The Hall–Kier alpha value is -3.93. The fourth-order valence-electron chi connectivity index (χ4n) is 3.06. The van der Waals surface area contributed by atoms with E-state index in [0.29, 0.717) is 34.6 Å². The number of ether oxygens (including phenoxy) is 1. The summed E-state index contributed by atoms with van der Waals surface area (Å²) in [6.07, 6.45) is 0. The lowest BCUT2D eigenvalue weighted by Crippen LogP contribution is -2.12. The van der Waals surface area contributed by atoms with E-state index in [9.17, 15) is 14.0 Å². The van der Waals surface area contributed by atoms with Crippen LogP contribution < -0.4 is 15.5 Å². The monoisotopic (exact) mass is 403 g/mol. The van der Waals surface area contributed by atoms with Gasteiger partial charge in [0.25, 0.3) is 5.91 Å². The van der Waals surface area contributed by atoms with Gasteiger partial charge in [-0.15, -0.1) is 0 Å². The lowest BCUT2D eigenvalue weighted by atomic mass is 10.1. The molecule has 0 saturated heterocycles. The summed E-state index contributed by atoms with van der Waals surface area (Å²) in [6, 6.07) is 18.7. The molecule has 0 bridgehead atoms. The molecule has 1 aromatic heterocycles. The Bertz CT molecular complexity index is 1260. The maximum absolute atomic E-state index is 13.0. The highest BCUT2D eigenvalue weighted by molar-refractivity contribution is 6.05. The van der Waals surface area contributed by atoms with Gasteiger partial charge in [0.1, 0.15) is 22.9 Å². The van der Waals surface area contributed by atoms with Gasteiger partial charge < -0.3 is 14.5 Å². The number of rotatable bonds is 5. The van der Waals surface area contributed by atoms with Crippen molar-refractivity contribution in [2.75, 3.05) is 11.9 Å². The smallest absolute Gasteiger partial charge is 0.255 e. The van der Waals surface area contributed by atoms with E-state index in [-0.39, 0.29) is 11.3 Å². The minimum absolute atomic E-state index is 0.184. The summed E-state index contributed by atoms with van der Waals surface area (Å²) >= 11 is 0. The fourth-order valence-corrected chi connectivity index (χ4v) is 3.06. The maximum Gasteiger partial charge on any atom is 0.255 e. The quantitative estimate of drug-likeness (QED) is 0.494. The Labute approximate surface area is 171 Å². The molecule has 4 aromatic rings. The van der Waals surface area contributed by atoms with Crippen molar-refractivity contribution in [2.45, 2.75) is 6.92 Å². The molecule has 0 aliphatic rings. The summed E-state index contributed by atoms with van der Waals surface area (Å²) in [5.74, 6) is 0.341. The van der Waals surface area contributed by atoms with Crippen molar-refractivity contribution >= 4 is 22.6 Å². The van der Waals surface area contributed by atoms with E-state index in [2.05, 4.69) is 5.32 Å². The predicted octanol–water partition coefficient (Wildman–Crippen LogP) is 5.25. The first-order valence-electron chi connectivity index (χ1n) is 9.41. The van der Waals surface area contributed by atoms with Crippen LogP contribution in [0.3, 0.4) is 0 Å².